The first-order valence-electron chi connectivity index (χ1n) is 6.36. The normalized spacial score (nSPS) is 13.7. The smallest absolute Gasteiger partial charge is 0.263 e. The molecule has 0 spiro atoms. The van der Waals surface area contributed by atoms with Crippen molar-refractivity contribution >= 4 is 21.8 Å². The van der Waals surface area contributed by atoms with E-state index in [1.165, 1.54) is 23.1 Å². The van der Waals surface area contributed by atoms with E-state index in [9.17, 15) is 14.3 Å². The Morgan fingerprint density at radius 2 is 2.15 bits per heavy atom. The lowest BCUT2D eigenvalue weighted by Gasteiger charge is -2.23. The third kappa shape index (κ3) is 5.09. The van der Waals surface area contributed by atoms with Crippen LogP contribution in [-0.2, 0) is 4.79 Å². The van der Waals surface area contributed by atoms with Crippen molar-refractivity contribution in [3.63, 3.8) is 0 Å². The highest BCUT2D eigenvalue weighted by Gasteiger charge is 2.20. The average Bonchev–Trinajstić information content (AvgIpc) is 2.38. The van der Waals surface area contributed by atoms with Crippen molar-refractivity contribution < 1.29 is 19.0 Å². The molecule has 0 aliphatic carbocycles. The van der Waals surface area contributed by atoms with Gasteiger partial charge in [0.2, 0.25) is 0 Å². The van der Waals surface area contributed by atoms with Crippen LogP contribution in [0.1, 0.15) is 20.3 Å². The van der Waals surface area contributed by atoms with Crippen LogP contribution in [0.5, 0.6) is 5.75 Å². The molecule has 0 bridgehead atoms. The summed E-state index contributed by atoms with van der Waals surface area (Å²) in [6, 6.07) is 4.02. The molecule has 1 rings (SSSR count). The number of aliphatic hydroxyl groups excluding tert-OH is 1. The minimum absolute atomic E-state index is 0.193. The second-order valence-electron chi connectivity index (χ2n) is 4.73. The van der Waals surface area contributed by atoms with Crippen molar-refractivity contribution in [3.8, 4) is 5.75 Å². The summed E-state index contributed by atoms with van der Waals surface area (Å²) >= 11 is 3.19. The van der Waals surface area contributed by atoms with Crippen LogP contribution >= 0.6 is 15.9 Å². The van der Waals surface area contributed by atoms with Gasteiger partial charge in [-0.25, -0.2) is 4.39 Å². The Labute approximate surface area is 126 Å². The number of aliphatic hydroxyl groups is 1. The lowest BCUT2D eigenvalue weighted by atomic mass is 10.2. The summed E-state index contributed by atoms with van der Waals surface area (Å²) < 4.78 is 18.9. The predicted octanol–water partition coefficient (Wildman–Crippen LogP) is 2.58. The SMILES string of the molecule is CC(O)CCN(C)C(=O)C(C)Oc1ccc(F)cc1Br. The van der Waals surface area contributed by atoms with Gasteiger partial charge in [-0.15, -0.1) is 0 Å². The van der Waals surface area contributed by atoms with Crippen molar-refractivity contribution in [2.75, 3.05) is 13.6 Å². The molecule has 1 N–H and O–H groups in total. The molecule has 1 amide bonds. The van der Waals surface area contributed by atoms with Gasteiger partial charge >= 0.3 is 0 Å². The predicted molar refractivity (Wildman–Crippen MR) is 78.1 cm³/mol. The largest absolute Gasteiger partial charge is 0.480 e. The molecule has 0 radical (unpaired) electrons. The quantitative estimate of drug-likeness (QED) is 0.860. The standard InChI is InChI=1S/C14H19BrFNO3/c1-9(18)6-7-17(3)14(19)10(2)20-13-5-4-11(16)8-12(13)15/h4-5,8-10,18H,6-7H2,1-3H3. The Hall–Kier alpha value is -1.14. The Balaban J connectivity index is 2.61. The van der Waals surface area contributed by atoms with Crippen LogP contribution in [0.2, 0.25) is 0 Å². The van der Waals surface area contributed by atoms with E-state index in [0.29, 0.717) is 23.2 Å². The number of hydrogen-bond acceptors (Lipinski definition) is 3. The van der Waals surface area contributed by atoms with Crippen molar-refractivity contribution in [2.45, 2.75) is 32.5 Å². The summed E-state index contributed by atoms with van der Waals surface area (Å²) in [5.41, 5.74) is 0. The van der Waals surface area contributed by atoms with Gasteiger partial charge in [-0.05, 0) is 54.4 Å². The topological polar surface area (TPSA) is 49.8 Å². The number of rotatable bonds is 6. The molecule has 4 nitrogen and oxygen atoms in total. The first kappa shape index (κ1) is 16.9. The zero-order valence-corrected chi connectivity index (χ0v) is 13.4. The molecule has 0 heterocycles. The van der Waals surface area contributed by atoms with Crippen LogP contribution in [0.25, 0.3) is 0 Å². The lowest BCUT2D eigenvalue weighted by Crippen LogP contribution is -2.39. The number of nitrogens with zero attached hydrogens (tertiary/aromatic N) is 1. The van der Waals surface area contributed by atoms with Gasteiger partial charge in [0.1, 0.15) is 11.6 Å². The molecule has 0 saturated heterocycles. The zero-order chi connectivity index (χ0) is 15.3. The van der Waals surface area contributed by atoms with Crippen molar-refractivity contribution in [2.24, 2.45) is 0 Å². The molecule has 2 atom stereocenters. The molecule has 1 aromatic rings. The van der Waals surface area contributed by atoms with E-state index in [1.807, 2.05) is 0 Å². The second kappa shape index (κ2) is 7.59. The molecular weight excluding hydrogens is 329 g/mol. The Morgan fingerprint density at radius 1 is 1.50 bits per heavy atom. The molecule has 0 fully saturated rings. The minimum Gasteiger partial charge on any atom is -0.480 e. The van der Waals surface area contributed by atoms with Gasteiger partial charge in [-0.2, -0.15) is 0 Å². The molecule has 0 aliphatic heterocycles. The summed E-state index contributed by atoms with van der Waals surface area (Å²) in [5, 5.41) is 9.21. The summed E-state index contributed by atoms with van der Waals surface area (Å²) in [6.45, 7) is 3.76. The van der Waals surface area contributed by atoms with Gasteiger partial charge in [-0.1, -0.05) is 0 Å². The zero-order valence-electron chi connectivity index (χ0n) is 11.8. The fourth-order valence-electron chi connectivity index (χ4n) is 1.61. The first-order chi connectivity index (χ1) is 9.31. The molecule has 2 unspecified atom stereocenters. The van der Waals surface area contributed by atoms with E-state index in [0.717, 1.165) is 0 Å². The number of halogens is 2. The fourth-order valence-corrected chi connectivity index (χ4v) is 2.06. The number of carbonyl (C=O) groups excluding carboxylic acids is 1. The van der Waals surface area contributed by atoms with Gasteiger partial charge in [0, 0.05) is 13.6 Å². The first-order valence-corrected chi connectivity index (χ1v) is 7.15. The highest BCUT2D eigenvalue weighted by molar-refractivity contribution is 9.10. The molecule has 0 aromatic heterocycles. The number of amides is 1. The van der Waals surface area contributed by atoms with E-state index >= 15 is 0 Å². The molecule has 6 heteroatoms. The third-order valence-corrected chi connectivity index (χ3v) is 3.42. The molecule has 0 saturated carbocycles. The maximum Gasteiger partial charge on any atom is 0.263 e. The van der Waals surface area contributed by atoms with Crippen LogP contribution in [0.4, 0.5) is 4.39 Å². The van der Waals surface area contributed by atoms with E-state index in [-0.39, 0.29) is 11.7 Å². The van der Waals surface area contributed by atoms with Crippen molar-refractivity contribution in [1.82, 2.24) is 4.90 Å². The molecule has 20 heavy (non-hydrogen) atoms. The van der Waals surface area contributed by atoms with Crippen LogP contribution in [0, 0.1) is 5.82 Å². The van der Waals surface area contributed by atoms with Crippen molar-refractivity contribution in [3.05, 3.63) is 28.5 Å². The Bertz CT molecular complexity index is 468. The molecule has 0 aliphatic rings. The monoisotopic (exact) mass is 347 g/mol. The van der Waals surface area contributed by atoms with E-state index in [2.05, 4.69) is 15.9 Å². The van der Waals surface area contributed by atoms with Gasteiger partial charge in [0.15, 0.2) is 6.10 Å². The van der Waals surface area contributed by atoms with E-state index < -0.39 is 12.2 Å². The summed E-state index contributed by atoms with van der Waals surface area (Å²) in [5.74, 6) is -0.157. The number of benzene rings is 1. The van der Waals surface area contributed by atoms with Crippen LogP contribution < -0.4 is 4.74 Å². The minimum atomic E-state index is -0.684. The van der Waals surface area contributed by atoms with Crippen LogP contribution in [0.15, 0.2) is 22.7 Å². The Kier molecular flexibility index (Phi) is 6.42. The van der Waals surface area contributed by atoms with Gasteiger partial charge in [-0.3, -0.25) is 4.79 Å². The second-order valence-corrected chi connectivity index (χ2v) is 5.59. The summed E-state index contributed by atoms with van der Waals surface area (Å²) in [6.07, 6.45) is -0.627. The summed E-state index contributed by atoms with van der Waals surface area (Å²) in [4.78, 5) is 13.6. The highest BCUT2D eigenvalue weighted by Crippen LogP contribution is 2.26. The molecular formula is C14H19BrFNO3. The number of likely N-dealkylation sites (N-methyl/N-ethyl adjacent to an activating group) is 1. The molecule has 112 valence electrons. The number of hydrogen-bond donors (Lipinski definition) is 1. The number of ether oxygens (including phenoxy) is 1. The van der Waals surface area contributed by atoms with Gasteiger partial charge in [0.25, 0.3) is 5.91 Å². The van der Waals surface area contributed by atoms with Gasteiger partial charge < -0.3 is 14.7 Å². The third-order valence-electron chi connectivity index (χ3n) is 2.80. The van der Waals surface area contributed by atoms with Crippen LogP contribution in [-0.4, -0.2) is 41.7 Å². The van der Waals surface area contributed by atoms with Crippen molar-refractivity contribution in [1.29, 1.82) is 0 Å². The van der Waals surface area contributed by atoms with E-state index in [1.54, 1.807) is 20.9 Å². The Morgan fingerprint density at radius 3 is 2.70 bits per heavy atom. The molecule has 1 aromatic carbocycles. The highest BCUT2D eigenvalue weighted by atomic mass is 79.9. The maximum atomic E-state index is 13.0. The maximum absolute atomic E-state index is 13.0. The van der Waals surface area contributed by atoms with Crippen LogP contribution in [0.3, 0.4) is 0 Å². The lowest BCUT2D eigenvalue weighted by molar-refractivity contribution is -0.136. The summed E-state index contributed by atoms with van der Waals surface area (Å²) in [7, 11) is 1.66. The fraction of sp³-hybridized carbons (Fsp3) is 0.500. The number of carbonyl (C=O) groups is 1. The average molecular weight is 348 g/mol. The van der Waals surface area contributed by atoms with Gasteiger partial charge in [0.05, 0.1) is 10.6 Å². The van der Waals surface area contributed by atoms with E-state index in [4.69, 9.17) is 4.74 Å².